The van der Waals surface area contributed by atoms with Crippen molar-refractivity contribution in [3.8, 4) is 17.1 Å². The van der Waals surface area contributed by atoms with Crippen molar-refractivity contribution in [2.75, 3.05) is 6.54 Å². The topological polar surface area (TPSA) is 95.8 Å². The predicted octanol–water partition coefficient (Wildman–Crippen LogP) is 4.55. The molecule has 0 unspecified atom stereocenters. The van der Waals surface area contributed by atoms with Gasteiger partial charge >= 0.3 is 0 Å². The Hall–Kier alpha value is -2.68. The molecule has 3 N–H and O–H groups in total. The van der Waals surface area contributed by atoms with Crippen molar-refractivity contribution in [3.05, 3.63) is 58.6 Å². The molecule has 0 aliphatic carbocycles. The summed E-state index contributed by atoms with van der Waals surface area (Å²) in [4.78, 5) is 25.0. The maximum absolute atomic E-state index is 12.7. The lowest BCUT2D eigenvalue weighted by Gasteiger charge is -2.07. The van der Waals surface area contributed by atoms with Gasteiger partial charge in [-0.15, -0.1) is 12.6 Å². The smallest absolute Gasteiger partial charge is 0.253 e. The van der Waals surface area contributed by atoms with E-state index in [0.29, 0.717) is 47.1 Å². The van der Waals surface area contributed by atoms with Gasteiger partial charge in [-0.3, -0.25) is 4.79 Å². The van der Waals surface area contributed by atoms with Gasteiger partial charge < -0.3 is 20.0 Å². The SMILES string of the molecule is O=C(NCCCn1cnc(Cl)c1Cl)c1ccc(O)c2[nH]c(-c3ccccc3S)nc12. The number of phenolic OH excluding ortho intramolecular Hbond substituents is 1. The average molecular weight is 462 g/mol. The molecule has 0 fully saturated rings. The van der Waals surface area contributed by atoms with Crippen LogP contribution < -0.4 is 5.32 Å². The molecule has 0 saturated carbocycles. The Morgan fingerprint density at radius 1 is 1.23 bits per heavy atom. The van der Waals surface area contributed by atoms with Gasteiger partial charge in [0.15, 0.2) is 5.15 Å². The summed E-state index contributed by atoms with van der Waals surface area (Å²) in [5.74, 6) is 0.258. The molecule has 2 heterocycles. The highest BCUT2D eigenvalue weighted by atomic mass is 35.5. The molecule has 154 valence electrons. The van der Waals surface area contributed by atoms with E-state index in [4.69, 9.17) is 23.2 Å². The van der Waals surface area contributed by atoms with Gasteiger partial charge in [0, 0.05) is 23.5 Å². The lowest BCUT2D eigenvalue weighted by atomic mass is 10.1. The Labute approximate surface area is 187 Å². The van der Waals surface area contributed by atoms with Crippen LogP contribution in [0.25, 0.3) is 22.4 Å². The second-order valence-corrected chi connectivity index (χ2v) is 7.79. The fourth-order valence-corrected chi connectivity index (χ4v) is 3.70. The van der Waals surface area contributed by atoms with Crippen LogP contribution in [0.4, 0.5) is 0 Å². The van der Waals surface area contributed by atoms with Gasteiger partial charge in [-0.05, 0) is 24.6 Å². The minimum atomic E-state index is -0.285. The number of halogens is 2. The molecule has 0 atom stereocenters. The van der Waals surface area contributed by atoms with Crippen LogP contribution in [0.2, 0.25) is 10.3 Å². The average Bonchev–Trinajstić information content (AvgIpc) is 3.31. The van der Waals surface area contributed by atoms with E-state index in [2.05, 4.69) is 32.9 Å². The third-order valence-electron chi connectivity index (χ3n) is 4.62. The Bertz CT molecular complexity index is 1240. The van der Waals surface area contributed by atoms with E-state index in [1.165, 1.54) is 6.07 Å². The molecule has 1 amide bonds. The summed E-state index contributed by atoms with van der Waals surface area (Å²) in [5.41, 5.74) is 1.93. The molecule has 0 aliphatic heterocycles. The van der Waals surface area contributed by atoms with Crippen LogP contribution in [0.3, 0.4) is 0 Å². The number of phenols is 1. The molecule has 0 spiro atoms. The number of hydrogen-bond donors (Lipinski definition) is 4. The molecule has 2 aromatic heterocycles. The summed E-state index contributed by atoms with van der Waals surface area (Å²) < 4.78 is 1.71. The van der Waals surface area contributed by atoms with Gasteiger partial charge in [0.2, 0.25) is 0 Å². The van der Waals surface area contributed by atoms with E-state index in [1.807, 2.05) is 24.3 Å². The zero-order valence-electron chi connectivity index (χ0n) is 15.6. The largest absolute Gasteiger partial charge is 0.506 e. The number of amides is 1. The van der Waals surface area contributed by atoms with Crippen molar-refractivity contribution in [1.82, 2.24) is 24.8 Å². The van der Waals surface area contributed by atoms with Gasteiger partial charge in [-0.25, -0.2) is 9.97 Å². The van der Waals surface area contributed by atoms with Crippen LogP contribution in [-0.2, 0) is 6.54 Å². The van der Waals surface area contributed by atoms with Crippen molar-refractivity contribution in [3.63, 3.8) is 0 Å². The number of imidazole rings is 2. The third kappa shape index (κ3) is 3.98. The number of aromatic hydroxyl groups is 1. The maximum atomic E-state index is 12.7. The van der Waals surface area contributed by atoms with Gasteiger partial charge in [0.1, 0.15) is 27.8 Å². The first-order valence-corrected chi connectivity index (χ1v) is 10.3. The number of benzene rings is 2. The highest BCUT2D eigenvalue weighted by Crippen LogP contribution is 2.31. The van der Waals surface area contributed by atoms with Crippen LogP contribution in [0.15, 0.2) is 47.6 Å². The third-order valence-corrected chi connectivity index (χ3v) is 5.78. The normalized spacial score (nSPS) is 11.2. The van der Waals surface area contributed by atoms with Gasteiger partial charge in [0.05, 0.1) is 11.9 Å². The first kappa shape index (κ1) is 20.6. The van der Waals surface area contributed by atoms with Crippen LogP contribution in [0.1, 0.15) is 16.8 Å². The molecule has 30 heavy (non-hydrogen) atoms. The minimum Gasteiger partial charge on any atom is -0.506 e. The summed E-state index contributed by atoms with van der Waals surface area (Å²) in [7, 11) is 0. The molecule has 7 nitrogen and oxygen atoms in total. The number of hydrogen-bond acceptors (Lipinski definition) is 5. The highest BCUT2D eigenvalue weighted by molar-refractivity contribution is 7.80. The first-order valence-electron chi connectivity index (χ1n) is 9.10. The number of aromatic amines is 1. The molecule has 0 bridgehead atoms. The Kier molecular flexibility index (Phi) is 5.90. The number of thiol groups is 1. The van der Waals surface area contributed by atoms with Crippen LogP contribution in [0, 0.1) is 0 Å². The van der Waals surface area contributed by atoms with Crippen LogP contribution >= 0.6 is 35.8 Å². The van der Waals surface area contributed by atoms with Crippen molar-refractivity contribution >= 4 is 52.8 Å². The fraction of sp³-hybridized carbons (Fsp3) is 0.150. The monoisotopic (exact) mass is 461 g/mol. The van der Waals surface area contributed by atoms with E-state index < -0.39 is 0 Å². The summed E-state index contributed by atoms with van der Waals surface area (Å²) in [6, 6.07) is 10.5. The van der Waals surface area contributed by atoms with Crippen molar-refractivity contribution in [2.24, 2.45) is 0 Å². The number of carbonyl (C=O) groups excluding carboxylic acids is 1. The van der Waals surface area contributed by atoms with E-state index >= 15 is 0 Å². The fourth-order valence-electron chi connectivity index (χ4n) is 3.11. The summed E-state index contributed by atoms with van der Waals surface area (Å²) >= 11 is 16.3. The number of nitrogens with one attached hydrogen (secondary N) is 2. The zero-order valence-corrected chi connectivity index (χ0v) is 18.0. The van der Waals surface area contributed by atoms with Gasteiger partial charge in [0.25, 0.3) is 5.91 Å². The standard InChI is InChI=1S/C20H17Cl2N5O2S/c21-17-18(22)27(10-24-17)9-3-8-23-20(29)12-6-7-13(28)16-15(12)25-19(26-16)11-4-1-2-5-14(11)30/h1-2,4-7,10,28,30H,3,8-9H2,(H,23,29)(H,25,26). The lowest BCUT2D eigenvalue weighted by molar-refractivity contribution is 0.0954. The maximum Gasteiger partial charge on any atom is 0.253 e. The summed E-state index contributed by atoms with van der Waals surface area (Å²) in [6.45, 7) is 0.985. The van der Waals surface area contributed by atoms with Gasteiger partial charge in [-0.1, -0.05) is 41.4 Å². The summed E-state index contributed by atoms with van der Waals surface area (Å²) in [5, 5.41) is 13.7. The molecule has 10 heteroatoms. The number of aryl methyl sites for hydroxylation is 1. The number of carbonyl (C=O) groups is 1. The van der Waals surface area contributed by atoms with Crippen molar-refractivity contribution < 1.29 is 9.90 Å². The van der Waals surface area contributed by atoms with E-state index in [0.717, 1.165) is 10.5 Å². The zero-order chi connectivity index (χ0) is 21.3. The molecule has 0 radical (unpaired) electrons. The molecule has 4 rings (SSSR count). The van der Waals surface area contributed by atoms with E-state index in [1.54, 1.807) is 17.0 Å². The Morgan fingerprint density at radius 3 is 2.77 bits per heavy atom. The number of rotatable bonds is 6. The quantitative estimate of drug-likeness (QED) is 0.250. The molecule has 0 aliphatic rings. The minimum absolute atomic E-state index is 0.0172. The Balaban J connectivity index is 1.52. The Morgan fingerprint density at radius 2 is 2.03 bits per heavy atom. The van der Waals surface area contributed by atoms with Crippen LogP contribution in [-0.4, -0.2) is 37.1 Å². The molecule has 0 saturated heterocycles. The lowest BCUT2D eigenvalue weighted by Crippen LogP contribution is -2.25. The molecule has 4 aromatic rings. The second-order valence-electron chi connectivity index (χ2n) is 6.59. The molecular formula is C20H17Cl2N5O2S. The summed E-state index contributed by atoms with van der Waals surface area (Å²) in [6.07, 6.45) is 2.19. The number of aromatic nitrogens is 4. The van der Waals surface area contributed by atoms with Crippen molar-refractivity contribution in [2.45, 2.75) is 17.9 Å². The number of fused-ring (bicyclic) bond motifs is 1. The molecule has 2 aromatic carbocycles. The van der Waals surface area contributed by atoms with E-state index in [-0.39, 0.29) is 16.8 Å². The molecular weight excluding hydrogens is 445 g/mol. The van der Waals surface area contributed by atoms with Crippen molar-refractivity contribution in [1.29, 1.82) is 0 Å². The number of nitrogens with zero attached hydrogens (tertiary/aromatic N) is 3. The second kappa shape index (κ2) is 8.59. The predicted molar refractivity (Wildman–Crippen MR) is 120 cm³/mol. The van der Waals surface area contributed by atoms with Gasteiger partial charge in [-0.2, -0.15) is 0 Å². The highest BCUT2D eigenvalue weighted by Gasteiger charge is 2.18. The van der Waals surface area contributed by atoms with E-state index in [9.17, 15) is 9.90 Å². The van der Waals surface area contributed by atoms with Crippen LogP contribution in [0.5, 0.6) is 5.75 Å². The first-order chi connectivity index (χ1) is 14.5. The number of H-pyrrole nitrogens is 1.